The lowest BCUT2D eigenvalue weighted by Gasteiger charge is -2.42. The molecule has 3 aliphatic rings. The van der Waals surface area contributed by atoms with Gasteiger partial charge in [-0.1, -0.05) is 12.2 Å². The van der Waals surface area contributed by atoms with Gasteiger partial charge in [-0.05, 0) is 44.9 Å². The molecule has 114 valence electrons. The molecule has 3 atom stereocenters. The van der Waals surface area contributed by atoms with E-state index in [1.54, 1.807) is 7.11 Å². The summed E-state index contributed by atoms with van der Waals surface area (Å²) in [6, 6.07) is 0. The van der Waals surface area contributed by atoms with Gasteiger partial charge in [0.05, 0.1) is 13.2 Å². The monoisotopic (exact) mass is 282 g/mol. The summed E-state index contributed by atoms with van der Waals surface area (Å²) in [4.78, 5) is 0. The number of rotatable bonds is 4. The first kappa shape index (κ1) is 14.5. The number of fused-ring (bicyclic) bond motifs is 3. The van der Waals surface area contributed by atoms with Crippen LogP contribution in [-0.4, -0.2) is 38.5 Å². The van der Waals surface area contributed by atoms with Gasteiger partial charge >= 0.3 is 0 Å². The predicted molar refractivity (Wildman–Crippen MR) is 75.2 cm³/mol. The third kappa shape index (κ3) is 2.33. The van der Waals surface area contributed by atoms with Gasteiger partial charge in [0.1, 0.15) is 12.4 Å². The Labute approximate surface area is 121 Å². The van der Waals surface area contributed by atoms with Gasteiger partial charge in [0, 0.05) is 13.0 Å². The van der Waals surface area contributed by atoms with Crippen LogP contribution in [0.1, 0.15) is 39.5 Å². The highest BCUT2D eigenvalue weighted by Gasteiger charge is 2.60. The lowest BCUT2D eigenvalue weighted by molar-refractivity contribution is -0.181. The van der Waals surface area contributed by atoms with Crippen molar-refractivity contribution in [2.24, 2.45) is 11.3 Å². The molecule has 1 saturated heterocycles. The summed E-state index contributed by atoms with van der Waals surface area (Å²) in [6.07, 6.45) is 4.31. The summed E-state index contributed by atoms with van der Waals surface area (Å²) in [6.45, 7) is 10.1. The second-order valence-electron chi connectivity index (χ2n) is 7.20. The smallest absolute Gasteiger partial charge is 0.163 e. The topological polar surface area (TPSA) is 36.9 Å². The summed E-state index contributed by atoms with van der Waals surface area (Å²) in [5.41, 5.74) is 1.40. The molecule has 3 rings (SSSR count). The van der Waals surface area contributed by atoms with Gasteiger partial charge < -0.3 is 18.9 Å². The standard InChI is InChI=1S/C16H26O4/c1-12-7-15(9-18-11-17-4)5-6-16(13(12)8-15)10-19-14(2,3)20-16/h13H,1,5-11H2,2-4H3/t13-,15+,16-/m0/s1. The molecule has 2 aliphatic carbocycles. The van der Waals surface area contributed by atoms with Crippen LogP contribution in [0.25, 0.3) is 0 Å². The fraction of sp³-hybridized carbons (Fsp3) is 0.875. The Bertz CT molecular complexity index is 405. The fourth-order valence-corrected chi connectivity index (χ4v) is 4.32. The van der Waals surface area contributed by atoms with E-state index in [4.69, 9.17) is 18.9 Å². The molecule has 2 saturated carbocycles. The third-order valence-corrected chi connectivity index (χ3v) is 5.17. The van der Waals surface area contributed by atoms with Gasteiger partial charge in [-0.25, -0.2) is 0 Å². The molecule has 4 nitrogen and oxygen atoms in total. The van der Waals surface area contributed by atoms with Gasteiger partial charge in [0.2, 0.25) is 0 Å². The molecule has 1 spiro atoms. The fourth-order valence-electron chi connectivity index (χ4n) is 4.32. The Balaban J connectivity index is 1.73. The maximum atomic E-state index is 6.30. The molecule has 1 heterocycles. The molecular weight excluding hydrogens is 256 g/mol. The minimum Gasteiger partial charge on any atom is -0.359 e. The van der Waals surface area contributed by atoms with E-state index >= 15 is 0 Å². The van der Waals surface area contributed by atoms with E-state index in [-0.39, 0.29) is 11.0 Å². The normalized spacial score (nSPS) is 42.5. The Morgan fingerprint density at radius 3 is 2.80 bits per heavy atom. The minimum atomic E-state index is -0.463. The van der Waals surface area contributed by atoms with Crippen molar-refractivity contribution in [2.45, 2.75) is 50.9 Å². The Hall–Kier alpha value is -0.420. The minimum absolute atomic E-state index is 0.151. The Morgan fingerprint density at radius 1 is 1.35 bits per heavy atom. The molecule has 0 aromatic heterocycles. The average molecular weight is 282 g/mol. The van der Waals surface area contributed by atoms with Crippen molar-refractivity contribution in [3.05, 3.63) is 12.2 Å². The molecule has 0 unspecified atom stereocenters. The van der Waals surface area contributed by atoms with Crippen molar-refractivity contribution >= 4 is 0 Å². The Kier molecular flexibility index (Phi) is 3.49. The highest BCUT2D eigenvalue weighted by Crippen LogP contribution is 2.60. The molecule has 0 aromatic rings. The second kappa shape index (κ2) is 4.80. The van der Waals surface area contributed by atoms with E-state index in [1.165, 1.54) is 5.57 Å². The van der Waals surface area contributed by atoms with Gasteiger partial charge in [-0.3, -0.25) is 0 Å². The van der Waals surface area contributed by atoms with Crippen molar-refractivity contribution in [1.29, 1.82) is 0 Å². The van der Waals surface area contributed by atoms with E-state index in [1.807, 2.05) is 13.8 Å². The number of hydrogen-bond acceptors (Lipinski definition) is 4. The van der Waals surface area contributed by atoms with Gasteiger partial charge in [0.15, 0.2) is 5.79 Å². The predicted octanol–water partition coefficient (Wildman–Crippen LogP) is 2.88. The molecule has 2 bridgehead atoms. The number of methoxy groups -OCH3 is 1. The van der Waals surface area contributed by atoms with E-state index in [9.17, 15) is 0 Å². The van der Waals surface area contributed by atoms with Crippen LogP contribution in [0.15, 0.2) is 12.2 Å². The van der Waals surface area contributed by atoms with Gasteiger partial charge in [0.25, 0.3) is 0 Å². The molecule has 0 amide bonds. The summed E-state index contributed by atoms with van der Waals surface area (Å²) in [5.74, 6) is -0.0562. The molecule has 3 fully saturated rings. The van der Waals surface area contributed by atoms with Gasteiger partial charge in [-0.15, -0.1) is 0 Å². The van der Waals surface area contributed by atoms with Crippen LogP contribution in [0.2, 0.25) is 0 Å². The first-order valence-electron chi connectivity index (χ1n) is 7.49. The van der Waals surface area contributed by atoms with Crippen LogP contribution >= 0.6 is 0 Å². The summed E-state index contributed by atoms with van der Waals surface area (Å²) < 4.78 is 22.8. The van der Waals surface area contributed by atoms with Crippen LogP contribution in [0.3, 0.4) is 0 Å². The van der Waals surface area contributed by atoms with Crippen molar-refractivity contribution < 1.29 is 18.9 Å². The van der Waals surface area contributed by atoms with E-state index in [2.05, 4.69) is 6.58 Å². The highest BCUT2D eigenvalue weighted by molar-refractivity contribution is 5.23. The summed E-state index contributed by atoms with van der Waals surface area (Å²) >= 11 is 0. The zero-order valence-electron chi connectivity index (χ0n) is 12.9. The first-order valence-corrected chi connectivity index (χ1v) is 7.49. The van der Waals surface area contributed by atoms with E-state index in [0.717, 1.165) is 32.3 Å². The molecule has 20 heavy (non-hydrogen) atoms. The van der Waals surface area contributed by atoms with Crippen LogP contribution < -0.4 is 0 Å². The molecule has 1 aliphatic heterocycles. The van der Waals surface area contributed by atoms with Crippen molar-refractivity contribution in [2.75, 3.05) is 27.1 Å². The van der Waals surface area contributed by atoms with Crippen LogP contribution in [0, 0.1) is 11.3 Å². The Morgan fingerprint density at radius 2 is 2.15 bits per heavy atom. The number of ether oxygens (including phenoxy) is 4. The molecule has 0 aromatic carbocycles. The SMILES string of the molecule is C=C1C[C@]2(COCOC)CC[C@]3(COC(C)(C)O3)[C@H]1C2. The van der Waals surface area contributed by atoms with Gasteiger partial charge in [-0.2, -0.15) is 0 Å². The number of hydrogen-bond donors (Lipinski definition) is 0. The van der Waals surface area contributed by atoms with Crippen molar-refractivity contribution in [3.8, 4) is 0 Å². The molecule has 0 radical (unpaired) electrons. The van der Waals surface area contributed by atoms with E-state index < -0.39 is 5.79 Å². The van der Waals surface area contributed by atoms with E-state index in [0.29, 0.717) is 19.3 Å². The quantitative estimate of drug-likeness (QED) is 0.451. The lowest BCUT2D eigenvalue weighted by Crippen LogP contribution is -2.46. The largest absolute Gasteiger partial charge is 0.359 e. The van der Waals surface area contributed by atoms with Crippen molar-refractivity contribution in [3.63, 3.8) is 0 Å². The lowest BCUT2D eigenvalue weighted by atomic mass is 9.69. The summed E-state index contributed by atoms with van der Waals surface area (Å²) in [7, 11) is 1.66. The third-order valence-electron chi connectivity index (χ3n) is 5.17. The van der Waals surface area contributed by atoms with Crippen LogP contribution in [0.4, 0.5) is 0 Å². The van der Waals surface area contributed by atoms with Crippen LogP contribution in [0.5, 0.6) is 0 Å². The van der Waals surface area contributed by atoms with Crippen LogP contribution in [-0.2, 0) is 18.9 Å². The molecule has 4 heteroatoms. The maximum absolute atomic E-state index is 6.30. The first-order chi connectivity index (χ1) is 9.40. The zero-order chi connectivity index (χ0) is 14.4. The molecular formula is C16H26O4. The summed E-state index contributed by atoms with van der Waals surface area (Å²) in [5, 5.41) is 0. The highest BCUT2D eigenvalue weighted by atomic mass is 16.8. The zero-order valence-corrected chi connectivity index (χ0v) is 12.9. The second-order valence-corrected chi connectivity index (χ2v) is 7.20. The van der Waals surface area contributed by atoms with Crippen molar-refractivity contribution in [1.82, 2.24) is 0 Å². The average Bonchev–Trinajstić information content (AvgIpc) is 2.84. The molecule has 0 N–H and O–H groups in total. The maximum Gasteiger partial charge on any atom is 0.163 e.